The van der Waals surface area contributed by atoms with E-state index in [1.807, 2.05) is 23.2 Å². The van der Waals surface area contributed by atoms with Crippen LogP contribution in [0.4, 0.5) is 5.82 Å². The van der Waals surface area contributed by atoms with Crippen molar-refractivity contribution in [2.45, 2.75) is 38.1 Å². The maximum Gasteiger partial charge on any atom is 0.225 e. The number of anilines is 1. The number of nitrogens with zero attached hydrogens (tertiary/aromatic N) is 5. The van der Waals surface area contributed by atoms with Crippen LogP contribution in [0.1, 0.15) is 42.9 Å². The monoisotopic (exact) mass is 386 g/mol. The second-order valence-electron chi connectivity index (χ2n) is 7.99. The number of aromatic nitrogens is 4. The van der Waals surface area contributed by atoms with Crippen LogP contribution in [0.25, 0.3) is 5.65 Å². The molecule has 0 aromatic carbocycles. The third-order valence-corrected chi connectivity index (χ3v) is 5.87. The van der Waals surface area contributed by atoms with Gasteiger partial charge in [-0.3, -0.25) is 9.78 Å². The molecule has 4 heterocycles. The summed E-state index contributed by atoms with van der Waals surface area (Å²) in [6, 6.07) is 6.02. The first-order valence-electron chi connectivity index (χ1n) is 10.2. The molecule has 2 aliphatic rings. The highest BCUT2D eigenvalue weighted by atomic mass is 16.2. The number of piperidine rings is 1. The molecule has 0 atom stereocenters. The summed E-state index contributed by atoms with van der Waals surface area (Å²) in [6.07, 6.45) is 9.22. The van der Waals surface area contributed by atoms with Crippen LogP contribution in [0.15, 0.2) is 36.8 Å². The first-order chi connectivity index (χ1) is 14.2. The van der Waals surface area contributed by atoms with E-state index >= 15 is 0 Å². The first-order valence-corrected chi connectivity index (χ1v) is 10.2. The minimum absolute atomic E-state index is 0.288. The second kappa shape index (κ2) is 7.50. The summed E-state index contributed by atoms with van der Waals surface area (Å²) < 4.78 is 1.75. The van der Waals surface area contributed by atoms with Crippen LogP contribution < -0.4 is 10.8 Å². The van der Waals surface area contributed by atoms with Crippen LogP contribution in [0.5, 0.6) is 0 Å². The predicted octanol–water partition coefficient (Wildman–Crippen LogP) is 1.65. The van der Waals surface area contributed by atoms with Crippen molar-refractivity contribution in [3.05, 3.63) is 48.0 Å². The minimum atomic E-state index is 0.288. The Balaban J connectivity index is 1.36. The van der Waals surface area contributed by atoms with Crippen molar-refractivity contribution in [2.24, 2.45) is 5.92 Å². The molecule has 0 bridgehead atoms. The maximum atomic E-state index is 12.3. The smallest absolute Gasteiger partial charge is 0.225 e. The lowest BCUT2D eigenvalue weighted by molar-refractivity contribution is -0.133. The molecular formula is C21H23BN6O. The number of hydrogen-bond acceptors (Lipinski definition) is 5. The Morgan fingerprint density at radius 3 is 2.76 bits per heavy atom. The summed E-state index contributed by atoms with van der Waals surface area (Å²) >= 11 is 0. The lowest BCUT2D eigenvalue weighted by Gasteiger charge is -2.32. The van der Waals surface area contributed by atoms with Gasteiger partial charge < -0.3 is 10.2 Å². The van der Waals surface area contributed by atoms with E-state index in [2.05, 4.69) is 21.5 Å². The van der Waals surface area contributed by atoms with Crippen molar-refractivity contribution < 1.29 is 4.79 Å². The van der Waals surface area contributed by atoms with Crippen LogP contribution in [-0.2, 0) is 11.3 Å². The summed E-state index contributed by atoms with van der Waals surface area (Å²) in [5, 5.41) is 7.82. The molecule has 1 N–H and O–H groups in total. The average molecular weight is 386 g/mol. The van der Waals surface area contributed by atoms with Gasteiger partial charge in [0.2, 0.25) is 5.91 Å². The van der Waals surface area contributed by atoms with Gasteiger partial charge in [0.1, 0.15) is 19.3 Å². The van der Waals surface area contributed by atoms with Gasteiger partial charge in [-0.2, -0.15) is 9.61 Å². The number of pyridine rings is 1. The number of likely N-dealkylation sites (tertiary alicyclic amines) is 1. The van der Waals surface area contributed by atoms with Crippen LogP contribution in [0.3, 0.4) is 0 Å². The molecule has 1 aliphatic heterocycles. The van der Waals surface area contributed by atoms with E-state index in [-0.39, 0.29) is 5.92 Å². The van der Waals surface area contributed by atoms with Crippen molar-refractivity contribution in [3.8, 4) is 0 Å². The third kappa shape index (κ3) is 3.71. The lowest BCUT2D eigenvalue weighted by atomic mass is 9.92. The van der Waals surface area contributed by atoms with Crippen LogP contribution in [0, 0.1) is 5.92 Å². The summed E-state index contributed by atoms with van der Waals surface area (Å²) in [7, 11) is 6.12. The zero-order valence-corrected chi connectivity index (χ0v) is 16.3. The van der Waals surface area contributed by atoms with E-state index in [1.165, 1.54) is 0 Å². The zero-order valence-electron chi connectivity index (χ0n) is 16.3. The molecule has 1 aliphatic carbocycles. The Morgan fingerprint density at radius 2 is 2.03 bits per heavy atom. The number of nitrogens with one attached hydrogen (secondary N) is 1. The molecule has 1 saturated heterocycles. The predicted molar refractivity (Wildman–Crippen MR) is 111 cm³/mol. The fourth-order valence-electron chi connectivity index (χ4n) is 4.01. The topological polar surface area (TPSA) is 75.4 Å². The van der Waals surface area contributed by atoms with Crippen molar-refractivity contribution in [1.82, 2.24) is 24.5 Å². The number of carbonyl (C=O) groups excluding carboxylic acids is 1. The molecule has 29 heavy (non-hydrogen) atoms. The number of amides is 1. The van der Waals surface area contributed by atoms with E-state index in [9.17, 15) is 4.79 Å². The highest BCUT2D eigenvalue weighted by Gasteiger charge is 2.35. The SMILES string of the molecule is [B]c1cnn2c(NCc3cccnc3)cc(C3CCN(C(=O)C4CC4)CC3)nc12. The Morgan fingerprint density at radius 1 is 1.21 bits per heavy atom. The third-order valence-electron chi connectivity index (χ3n) is 5.87. The molecule has 0 spiro atoms. The fraction of sp³-hybridized carbons (Fsp3) is 0.429. The number of rotatable bonds is 5. The lowest BCUT2D eigenvalue weighted by Crippen LogP contribution is -2.39. The van der Waals surface area contributed by atoms with Gasteiger partial charge in [0.15, 0.2) is 0 Å². The standard InChI is InChI=1S/C21H23BN6O/c22-17-13-25-28-19(24-12-14-2-1-7-23-11-14)10-18(26-20(17)28)15-5-8-27(9-6-15)21(29)16-3-4-16/h1-2,7,10-11,13,15-16,24H,3-6,8-9,12H2. The van der Waals surface area contributed by atoms with Crippen LogP contribution >= 0.6 is 0 Å². The molecule has 0 unspecified atom stereocenters. The number of fused-ring (bicyclic) bond motifs is 1. The Bertz CT molecular complexity index is 1020. The van der Waals surface area contributed by atoms with Gasteiger partial charge in [0.25, 0.3) is 0 Å². The Kier molecular flexibility index (Phi) is 4.69. The van der Waals surface area contributed by atoms with E-state index < -0.39 is 0 Å². The molecule has 7 nitrogen and oxygen atoms in total. The van der Waals surface area contributed by atoms with E-state index in [0.29, 0.717) is 29.5 Å². The molecule has 5 rings (SSSR count). The molecule has 146 valence electrons. The van der Waals surface area contributed by atoms with Gasteiger partial charge >= 0.3 is 0 Å². The molecule has 2 fully saturated rings. The van der Waals surface area contributed by atoms with E-state index in [0.717, 1.165) is 55.8 Å². The van der Waals surface area contributed by atoms with Gasteiger partial charge in [-0.25, -0.2) is 4.98 Å². The summed E-state index contributed by atoms with van der Waals surface area (Å²) in [5.74, 6) is 1.81. The molecule has 1 amide bonds. The van der Waals surface area contributed by atoms with E-state index in [1.54, 1.807) is 16.9 Å². The van der Waals surface area contributed by atoms with Gasteiger partial charge in [0.05, 0.1) is 0 Å². The molecule has 3 aromatic rings. The van der Waals surface area contributed by atoms with Crippen LogP contribution in [-0.4, -0.2) is 51.3 Å². The zero-order chi connectivity index (χ0) is 19.8. The second-order valence-corrected chi connectivity index (χ2v) is 7.99. The normalized spacial score (nSPS) is 17.6. The van der Waals surface area contributed by atoms with Gasteiger partial charge in [0, 0.05) is 61.8 Å². The number of carbonyl (C=O) groups is 1. The minimum Gasteiger partial charge on any atom is -0.366 e. The first kappa shape index (κ1) is 18.2. The number of hydrogen-bond donors (Lipinski definition) is 1. The van der Waals surface area contributed by atoms with E-state index in [4.69, 9.17) is 12.8 Å². The van der Waals surface area contributed by atoms with Crippen LogP contribution in [0.2, 0.25) is 0 Å². The molecule has 2 radical (unpaired) electrons. The van der Waals surface area contributed by atoms with Gasteiger partial charge in [-0.15, -0.1) is 0 Å². The van der Waals surface area contributed by atoms with Crippen molar-refractivity contribution >= 4 is 30.7 Å². The maximum absolute atomic E-state index is 12.3. The van der Waals surface area contributed by atoms with Crippen molar-refractivity contribution in [1.29, 1.82) is 0 Å². The summed E-state index contributed by atoms with van der Waals surface area (Å²) in [5.41, 5.74) is 3.34. The molecular weight excluding hydrogens is 363 g/mol. The quantitative estimate of drug-likeness (QED) is 0.675. The van der Waals surface area contributed by atoms with Crippen molar-refractivity contribution in [3.63, 3.8) is 0 Å². The molecule has 3 aromatic heterocycles. The van der Waals surface area contributed by atoms with Crippen molar-refractivity contribution in [2.75, 3.05) is 18.4 Å². The Labute approximate surface area is 170 Å². The molecule has 8 heteroatoms. The fourth-order valence-corrected chi connectivity index (χ4v) is 4.01. The highest BCUT2D eigenvalue weighted by molar-refractivity contribution is 6.36. The van der Waals surface area contributed by atoms with Gasteiger partial charge in [-0.1, -0.05) is 6.07 Å². The largest absolute Gasteiger partial charge is 0.366 e. The molecule has 1 saturated carbocycles. The summed E-state index contributed by atoms with van der Waals surface area (Å²) in [4.78, 5) is 23.3. The Hall–Kier alpha value is -2.90. The average Bonchev–Trinajstić information content (AvgIpc) is 3.55. The highest BCUT2D eigenvalue weighted by Crippen LogP contribution is 2.34. The summed E-state index contributed by atoms with van der Waals surface area (Å²) in [6.45, 7) is 2.25. The van der Waals surface area contributed by atoms with Gasteiger partial charge in [-0.05, 0) is 42.8 Å².